The van der Waals surface area contributed by atoms with Crippen LogP contribution in [0.15, 0.2) is 6.07 Å². The minimum absolute atomic E-state index is 0.402. The molecule has 0 radical (unpaired) electrons. The second-order valence-electron chi connectivity index (χ2n) is 1.92. The number of aromatic nitrogens is 1. The Kier molecular flexibility index (Phi) is 2.36. The zero-order chi connectivity index (χ0) is 7.72. The van der Waals surface area contributed by atoms with E-state index in [0.29, 0.717) is 10.8 Å². The van der Waals surface area contributed by atoms with Gasteiger partial charge in [0.2, 0.25) is 0 Å². The van der Waals surface area contributed by atoms with Crippen molar-refractivity contribution >= 4 is 40.0 Å². The fourth-order valence-electron chi connectivity index (χ4n) is 0.577. The summed E-state index contributed by atoms with van der Waals surface area (Å²) in [6, 6.07) is 1.81. The first-order valence-electron chi connectivity index (χ1n) is 2.69. The molecule has 54 valence electrons. The van der Waals surface area contributed by atoms with Crippen LogP contribution in [0.25, 0.3) is 0 Å². The second-order valence-corrected chi connectivity index (χ2v) is 3.49. The van der Waals surface area contributed by atoms with E-state index in [-0.39, 0.29) is 0 Å². The standard InChI is InChI=1S/C6H6ClIN2/c1-3-5(8)2-4(7)6(9)10-3/h2H,1H3,(H2,9,10). The number of nitrogens with two attached hydrogens (primary N) is 1. The highest BCUT2D eigenvalue weighted by atomic mass is 127. The van der Waals surface area contributed by atoms with Gasteiger partial charge < -0.3 is 5.73 Å². The van der Waals surface area contributed by atoms with E-state index in [4.69, 9.17) is 17.3 Å². The van der Waals surface area contributed by atoms with Gasteiger partial charge in [0.25, 0.3) is 0 Å². The highest BCUT2D eigenvalue weighted by molar-refractivity contribution is 14.1. The van der Waals surface area contributed by atoms with E-state index in [9.17, 15) is 0 Å². The van der Waals surface area contributed by atoms with Gasteiger partial charge in [-0.05, 0) is 35.6 Å². The summed E-state index contributed by atoms with van der Waals surface area (Å²) < 4.78 is 1.04. The van der Waals surface area contributed by atoms with E-state index >= 15 is 0 Å². The predicted molar refractivity (Wildman–Crippen MR) is 51.1 cm³/mol. The Morgan fingerprint density at radius 1 is 1.70 bits per heavy atom. The first kappa shape index (κ1) is 8.07. The highest BCUT2D eigenvalue weighted by Crippen LogP contribution is 2.20. The van der Waals surface area contributed by atoms with Crippen LogP contribution < -0.4 is 5.73 Å². The third kappa shape index (κ3) is 1.52. The van der Waals surface area contributed by atoms with Gasteiger partial charge in [-0.1, -0.05) is 11.6 Å². The van der Waals surface area contributed by atoms with Crippen LogP contribution in [0.2, 0.25) is 5.02 Å². The Bertz CT molecular complexity index is 212. The number of nitrogen functional groups attached to an aromatic ring is 1. The Morgan fingerprint density at radius 2 is 2.30 bits per heavy atom. The Balaban J connectivity index is 3.28. The summed E-state index contributed by atoms with van der Waals surface area (Å²) in [5.41, 5.74) is 6.36. The maximum Gasteiger partial charge on any atom is 0.142 e. The minimum Gasteiger partial charge on any atom is -0.382 e. The van der Waals surface area contributed by atoms with E-state index in [2.05, 4.69) is 27.6 Å². The molecule has 2 N–H and O–H groups in total. The number of nitrogens with zero attached hydrogens (tertiary/aromatic N) is 1. The SMILES string of the molecule is Cc1nc(N)c(Cl)cc1I. The van der Waals surface area contributed by atoms with Crippen molar-refractivity contribution < 1.29 is 0 Å². The summed E-state index contributed by atoms with van der Waals surface area (Å²) in [5, 5.41) is 0.523. The number of hydrogen-bond donors (Lipinski definition) is 1. The van der Waals surface area contributed by atoms with Crippen LogP contribution >= 0.6 is 34.2 Å². The van der Waals surface area contributed by atoms with Gasteiger partial charge in [-0.2, -0.15) is 0 Å². The van der Waals surface area contributed by atoms with Crippen molar-refractivity contribution in [3.8, 4) is 0 Å². The molecule has 0 bridgehead atoms. The summed E-state index contributed by atoms with van der Waals surface area (Å²) in [7, 11) is 0. The van der Waals surface area contributed by atoms with Crippen molar-refractivity contribution in [3.63, 3.8) is 0 Å². The lowest BCUT2D eigenvalue weighted by molar-refractivity contribution is 1.19. The Labute approximate surface area is 77.9 Å². The molecule has 1 aromatic heterocycles. The molecule has 0 amide bonds. The first-order valence-corrected chi connectivity index (χ1v) is 4.15. The summed E-state index contributed by atoms with van der Waals surface area (Å²) in [5.74, 6) is 0.402. The molecule has 0 spiro atoms. The number of rotatable bonds is 0. The van der Waals surface area contributed by atoms with E-state index in [0.717, 1.165) is 9.26 Å². The van der Waals surface area contributed by atoms with E-state index in [1.54, 1.807) is 6.07 Å². The second kappa shape index (κ2) is 2.92. The fraction of sp³-hybridized carbons (Fsp3) is 0.167. The summed E-state index contributed by atoms with van der Waals surface area (Å²) in [6.45, 7) is 1.90. The maximum atomic E-state index is 5.69. The van der Waals surface area contributed by atoms with Gasteiger partial charge in [0.05, 0.1) is 10.7 Å². The molecule has 0 fully saturated rings. The predicted octanol–water partition coefficient (Wildman–Crippen LogP) is 2.23. The molecule has 0 aliphatic heterocycles. The maximum absolute atomic E-state index is 5.69. The van der Waals surface area contributed by atoms with Crippen LogP contribution in [-0.4, -0.2) is 4.98 Å². The van der Waals surface area contributed by atoms with Crippen LogP contribution in [0.5, 0.6) is 0 Å². The largest absolute Gasteiger partial charge is 0.382 e. The quantitative estimate of drug-likeness (QED) is 0.733. The van der Waals surface area contributed by atoms with Gasteiger partial charge in [0.1, 0.15) is 5.82 Å². The third-order valence-corrected chi connectivity index (χ3v) is 2.53. The molecule has 0 aliphatic carbocycles. The lowest BCUT2D eigenvalue weighted by Crippen LogP contribution is -1.95. The average molecular weight is 268 g/mol. The van der Waals surface area contributed by atoms with Crippen LogP contribution in [0, 0.1) is 10.5 Å². The molecule has 1 aromatic rings. The molecular weight excluding hydrogens is 262 g/mol. The van der Waals surface area contributed by atoms with Gasteiger partial charge in [-0.25, -0.2) is 4.98 Å². The minimum atomic E-state index is 0.402. The zero-order valence-electron chi connectivity index (χ0n) is 5.36. The number of halogens is 2. The van der Waals surface area contributed by atoms with Crippen molar-refractivity contribution in [2.75, 3.05) is 5.73 Å². The van der Waals surface area contributed by atoms with Crippen LogP contribution in [-0.2, 0) is 0 Å². The van der Waals surface area contributed by atoms with Crippen molar-refractivity contribution in [1.29, 1.82) is 0 Å². The molecule has 10 heavy (non-hydrogen) atoms. The first-order chi connectivity index (χ1) is 4.61. The molecule has 2 nitrogen and oxygen atoms in total. The van der Waals surface area contributed by atoms with Crippen LogP contribution in [0.4, 0.5) is 5.82 Å². The molecule has 0 unspecified atom stereocenters. The number of anilines is 1. The van der Waals surface area contributed by atoms with Crippen LogP contribution in [0.3, 0.4) is 0 Å². The smallest absolute Gasteiger partial charge is 0.142 e. The molecule has 0 aromatic carbocycles. The van der Waals surface area contributed by atoms with Gasteiger partial charge in [-0.3, -0.25) is 0 Å². The van der Waals surface area contributed by atoms with Gasteiger partial charge >= 0.3 is 0 Å². The summed E-state index contributed by atoms with van der Waals surface area (Å²) in [6.07, 6.45) is 0. The molecule has 0 saturated heterocycles. The molecule has 1 rings (SSSR count). The molecule has 1 heterocycles. The Hall–Kier alpha value is -0.0300. The van der Waals surface area contributed by atoms with Gasteiger partial charge in [0, 0.05) is 3.57 Å². The van der Waals surface area contributed by atoms with E-state index in [1.807, 2.05) is 6.92 Å². The number of pyridine rings is 1. The normalized spacial score (nSPS) is 9.90. The van der Waals surface area contributed by atoms with Crippen LogP contribution in [0.1, 0.15) is 5.69 Å². The van der Waals surface area contributed by atoms with Gasteiger partial charge in [0.15, 0.2) is 0 Å². The third-order valence-electron chi connectivity index (χ3n) is 1.13. The molecule has 0 atom stereocenters. The summed E-state index contributed by atoms with van der Waals surface area (Å²) in [4.78, 5) is 4.01. The van der Waals surface area contributed by atoms with E-state index in [1.165, 1.54) is 0 Å². The molecule has 0 aliphatic rings. The van der Waals surface area contributed by atoms with E-state index < -0.39 is 0 Å². The summed E-state index contributed by atoms with van der Waals surface area (Å²) >= 11 is 7.86. The lowest BCUT2D eigenvalue weighted by atomic mass is 10.4. The average Bonchev–Trinajstić information content (AvgIpc) is 1.84. The van der Waals surface area contributed by atoms with Crippen molar-refractivity contribution in [1.82, 2.24) is 4.98 Å². The number of aryl methyl sites for hydroxylation is 1. The monoisotopic (exact) mass is 268 g/mol. The Morgan fingerprint density at radius 3 is 2.80 bits per heavy atom. The lowest BCUT2D eigenvalue weighted by Gasteiger charge is -1.99. The van der Waals surface area contributed by atoms with Crippen molar-refractivity contribution in [3.05, 3.63) is 20.4 Å². The molecular formula is C6H6ClIN2. The molecule has 4 heteroatoms. The fourth-order valence-corrected chi connectivity index (χ4v) is 1.34. The number of hydrogen-bond acceptors (Lipinski definition) is 2. The van der Waals surface area contributed by atoms with Gasteiger partial charge in [-0.15, -0.1) is 0 Å². The van der Waals surface area contributed by atoms with Crippen molar-refractivity contribution in [2.24, 2.45) is 0 Å². The topological polar surface area (TPSA) is 38.9 Å². The highest BCUT2D eigenvalue weighted by Gasteiger charge is 2.00. The zero-order valence-corrected chi connectivity index (χ0v) is 8.27. The van der Waals surface area contributed by atoms with Crippen molar-refractivity contribution in [2.45, 2.75) is 6.92 Å². The molecule has 0 saturated carbocycles.